The third-order valence-electron chi connectivity index (χ3n) is 0. The fourth-order valence-corrected chi connectivity index (χ4v) is 0. The van der Waals surface area contributed by atoms with Crippen LogP contribution in [0.15, 0.2) is 0 Å². The van der Waals surface area contributed by atoms with E-state index in [9.17, 15) is 0 Å². The van der Waals surface area contributed by atoms with Crippen LogP contribution in [-0.2, 0) is 22.4 Å². The fraction of sp³-hybridized carbons (Fsp3) is 0. The summed E-state index contributed by atoms with van der Waals surface area (Å²) in [6.45, 7) is 7.00. The molecule has 5 heavy (non-hydrogen) atoms. The third-order valence-corrected chi connectivity index (χ3v) is 0. The van der Waals surface area contributed by atoms with Gasteiger partial charge in [0.2, 0.25) is 0 Å². The van der Waals surface area contributed by atoms with Crippen LogP contribution in [0.2, 0.25) is 0 Å². The van der Waals surface area contributed by atoms with Crippen LogP contribution in [0.3, 0.4) is 0 Å². The normalized spacial score (nSPS) is 0.800. The Labute approximate surface area is 46.5 Å². The molecule has 0 amide bonds. The number of nitrogens with zero attached hydrogens (tertiary/aromatic N) is 2. The SMILES string of the molecule is C#N.C#N.[Ag]. The maximum absolute atomic E-state index is 6.50. The van der Waals surface area contributed by atoms with E-state index >= 15 is 0 Å². The van der Waals surface area contributed by atoms with E-state index < -0.39 is 0 Å². The minimum absolute atomic E-state index is 0. The summed E-state index contributed by atoms with van der Waals surface area (Å²) >= 11 is 0. The van der Waals surface area contributed by atoms with Gasteiger partial charge < -0.3 is 0 Å². The summed E-state index contributed by atoms with van der Waals surface area (Å²) < 4.78 is 0. The summed E-state index contributed by atoms with van der Waals surface area (Å²) in [5.41, 5.74) is 0. The van der Waals surface area contributed by atoms with Gasteiger partial charge in [0.05, 0.1) is 0 Å². The van der Waals surface area contributed by atoms with E-state index in [4.69, 9.17) is 10.5 Å². The second kappa shape index (κ2) is 352. The Morgan fingerprint density at radius 1 is 0.800 bits per heavy atom. The van der Waals surface area contributed by atoms with Crippen molar-refractivity contribution in [3.05, 3.63) is 0 Å². The van der Waals surface area contributed by atoms with E-state index in [1.165, 1.54) is 0 Å². The van der Waals surface area contributed by atoms with Gasteiger partial charge in [-0.1, -0.05) is 0 Å². The molecule has 0 bridgehead atoms. The van der Waals surface area contributed by atoms with Crippen molar-refractivity contribution in [1.29, 1.82) is 10.5 Å². The van der Waals surface area contributed by atoms with Gasteiger partial charge in [-0.2, -0.15) is 0 Å². The molecule has 0 unspecified atom stereocenters. The molecule has 0 aliphatic heterocycles. The summed E-state index contributed by atoms with van der Waals surface area (Å²) in [6, 6.07) is 0. The van der Waals surface area contributed by atoms with Crippen LogP contribution < -0.4 is 0 Å². The maximum atomic E-state index is 6.50. The molecule has 0 saturated carbocycles. The smallest absolute Gasteiger partial charge is 0.0462 e. The maximum Gasteiger partial charge on any atom is 0.0462 e. The molecule has 0 aliphatic carbocycles. The van der Waals surface area contributed by atoms with E-state index in [0.717, 1.165) is 0 Å². The first-order chi connectivity index (χ1) is 2.00. The minimum Gasteiger partial charge on any atom is -0.202 e. The molecule has 3 heteroatoms. The van der Waals surface area contributed by atoms with Gasteiger partial charge in [0.25, 0.3) is 0 Å². The van der Waals surface area contributed by atoms with Gasteiger partial charge in [-0.15, -0.1) is 0 Å². The van der Waals surface area contributed by atoms with Crippen LogP contribution in [0, 0.1) is 23.7 Å². The molecule has 0 heterocycles. The molecule has 0 aliphatic rings. The van der Waals surface area contributed by atoms with E-state index in [0.29, 0.717) is 0 Å². The second-order valence-corrected chi connectivity index (χ2v) is 0. The molecule has 0 saturated heterocycles. The predicted molar refractivity (Wildman–Crippen MR) is 13.3 cm³/mol. The average molecular weight is 162 g/mol. The molecule has 0 aromatic heterocycles. The van der Waals surface area contributed by atoms with Crippen molar-refractivity contribution in [2.24, 2.45) is 0 Å². The number of rotatable bonds is 0. The zero-order chi connectivity index (χ0) is 4.00. The van der Waals surface area contributed by atoms with E-state index in [1.807, 2.05) is 0 Å². The quantitative estimate of drug-likeness (QED) is 0.480. The Kier molecular flexibility index (Phi) is 1550. The van der Waals surface area contributed by atoms with Gasteiger partial charge in [0, 0.05) is 35.5 Å². The van der Waals surface area contributed by atoms with Crippen molar-refractivity contribution in [2.75, 3.05) is 0 Å². The first-order valence-corrected chi connectivity index (χ1v) is 0.516. The van der Waals surface area contributed by atoms with Crippen LogP contribution in [0.5, 0.6) is 0 Å². The number of hydrogen-bond donors (Lipinski definition) is 0. The Hall–Kier alpha value is -0.280. The van der Waals surface area contributed by atoms with Crippen molar-refractivity contribution in [3.63, 3.8) is 0 Å². The molecule has 0 N–H and O–H groups in total. The van der Waals surface area contributed by atoms with Gasteiger partial charge in [0.1, 0.15) is 0 Å². The van der Waals surface area contributed by atoms with Crippen molar-refractivity contribution < 1.29 is 22.4 Å². The number of hydrogen-bond acceptors (Lipinski definition) is 2. The summed E-state index contributed by atoms with van der Waals surface area (Å²) in [5.74, 6) is 0. The Bertz CT molecular complexity index is 23.1. The van der Waals surface area contributed by atoms with E-state index in [-0.39, 0.29) is 22.4 Å². The van der Waals surface area contributed by atoms with Crippen molar-refractivity contribution in [3.8, 4) is 13.1 Å². The summed E-state index contributed by atoms with van der Waals surface area (Å²) in [5, 5.41) is 13.0. The molecule has 0 aromatic carbocycles. The topological polar surface area (TPSA) is 47.6 Å². The Balaban J connectivity index is -0.0000000133. The van der Waals surface area contributed by atoms with Gasteiger partial charge in [-0.05, 0) is 0 Å². The largest absolute Gasteiger partial charge is 0.202 e. The molecule has 0 atom stereocenters. The van der Waals surface area contributed by atoms with Crippen LogP contribution in [0.1, 0.15) is 0 Å². The molecular formula is C2H2AgN2. The Morgan fingerprint density at radius 2 is 0.800 bits per heavy atom. The zero-order valence-corrected chi connectivity index (χ0v) is 3.83. The van der Waals surface area contributed by atoms with Crippen molar-refractivity contribution >= 4 is 0 Å². The molecule has 0 spiro atoms. The van der Waals surface area contributed by atoms with Crippen LogP contribution in [-0.4, -0.2) is 0 Å². The standard InChI is InChI=1S/2CHN.Ag/c2*1-2;/h2*1H;. The first-order valence-electron chi connectivity index (χ1n) is 0.516. The van der Waals surface area contributed by atoms with Crippen LogP contribution in [0.4, 0.5) is 0 Å². The molecule has 31 valence electrons. The third kappa shape index (κ3) is 141. The zero-order valence-electron chi connectivity index (χ0n) is 2.35. The molecule has 1 radical (unpaired) electrons. The molecular weight excluding hydrogens is 160 g/mol. The van der Waals surface area contributed by atoms with Crippen molar-refractivity contribution in [2.45, 2.75) is 0 Å². The van der Waals surface area contributed by atoms with Gasteiger partial charge in [-0.25, -0.2) is 10.5 Å². The monoisotopic (exact) mass is 161 g/mol. The summed E-state index contributed by atoms with van der Waals surface area (Å²) in [4.78, 5) is 0. The summed E-state index contributed by atoms with van der Waals surface area (Å²) in [7, 11) is 0. The molecule has 0 rings (SSSR count). The molecule has 0 aromatic rings. The van der Waals surface area contributed by atoms with Gasteiger partial charge >= 0.3 is 0 Å². The van der Waals surface area contributed by atoms with Gasteiger partial charge in [0.15, 0.2) is 0 Å². The van der Waals surface area contributed by atoms with Crippen LogP contribution in [0.25, 0.3) is 0 Å². The van der Waals surface area contributed by atoms with Crippen molar-refractivity contribution in [1.82, 2.24) is 0 Å². The predicted octanol–water partition coefficient (Wildman–Crippen LogP) is 0.277. The fourth-order valence-electron chi connectivity index (χ4n) is 0. The first kappa shape index (κ1) is 22.1. The van der Waals surface area contributed by atoms with Crippen LogP contribution >= 0.6 is 0 Å². The molecule has 0 fully saturated rings. The summed E-state index contributed by atoms with van der Waals surface area (Å²) in [6.07, 6.45) is 0. The Morgan fingerprint density at radius 3 is 0.800 bits per heavy atom. The average Bonchev–Trinajstić information content (AvgIpc) is 1.50. The molecule has 2 nitrogen and oxygen atoms in total. The minimum atomic E-state index is 0. The van der Waals surface area contributed by atoms with E-state index in [1.54, 1.807) is 0 Å². The van der Waals surface area contributed by atoms with Gasteiger partial charge in [-0.3, -0.25) is 0 Å². The second-order valence-electron chi connectivity index (χ2n) is 0. The number of nitriles is 2. The van der Waals surface area contributed by atoms with E-state index in [2.05, 4.69) is 13.1 Å².